The van der Waals surface area contributed by atoms with Crippen LogP contribution in [0.25, 0.3) is 0 Å². The first-order chi connectivity index (χ1) is 6.04. The van der Waals surface area contributed by atoms with Crippen molar-refractivity contribution in [2.45, 2.75) is 20.8 Å². The van der Waals surface area contributed by atoms with E-state index in [9.17, 15) is 4.79 Å². The number of carboxylic acids is 1. The lowest BCUT2D eigenvalue weighted by Crippen LogP contribution is -1.96. The lowest BCUT2D eigenvalue weighted by Gasteiger charge is -1.81. The van der Waals surface area contributed by atoms with Crippen LogP contribution in [0, 0.1) is 11.8 Å². The van der Waals surface area contributed by atoms with E-state index >= 15 is 0 Å². The van der Waals surface area contributed by atoms with Crippen molar-refractivity contribution < 1.29 is 9.90 Å². The van der Waals surface area contributed by atoms with Crippen LogP contribution in [-0.2, 0) is 4.79 Å². The van der Waals surface area contributed by atoms with Crippen LogP contribution in [0.1, 0.15) is 20.8 Å². The highest BCUT2D eigenvalue weighted by Gasteiger charge is 1.84. The van der Waals surface area contributed by atoms with Gasteiger partial charge in [-0.15, -0.1) is 5.92 Å². The number of nitrogens with two attached hydrogens (primary N) is 1. The summed E-state index contributed by atoms with van der Waals surface area (Å²) in [6.07, 6.45) is 4.68. The maximum absolute atomic E-state index is 9.65. The lowest BCUT2D eigenvalue weighted by molar-refractivity contribution is -0.131. The molecule has 3 heteroatoms. The van der Waals surface area contributed by atoms with Gasteiger partial charge in [-0.3, -0.25) is 0 Å². The Morgan fingerprint density at radius 3 is 2.15 bits per heavy atom. The van der Waals surface area contributed by atoms with E-state index in [4.69, 9.17) is 10.8 Å². The molecule has 0 radical (unpaired) electrons. The highest BCUT2D eigenvalue weighted by Crippen LogP contribution is 1.76. The van der Waals surface area contributed by atoms with E-state index < -0.39 is 5.97 Å². The molecule has 0 aliphatic heterocycles. The van der Waals surface area contributed by atoms with Crippen LogP contribution < -0.4 is 5.73 Å². The summed E-state index contributed by atoms with van der Waals surface area (Å²) < 4.78 is 0. The van der Waals surface area contributed by atoms with Crippen LogP contribution in [0.3, 0.4) is 0 Å². The second kappa shape index (κ2) is 10.3. The highest BCUT2D eigenvalue weighted by molar-refractivity contribution is 5.80. The zero-order valence-electron chi connectivity index (χ0n) is 8.16. The predicted molar refractivity (Wildman–Crippen MR) is 53.8 cm³/mol. The lowest BCUT2D eigenvalue weighted by atomic mass is 10.5. The summed E-state index contributed by atoms with van der Waals surface area (Å²) in [5.41, 5.74) is 5.29. The molecular formula is C10H15NO2. The number of carbonyl (C=O) groups is 1. The highest BCUT2D eigenvalue weighted by atomic mass is 16.4. The molecule has 0 unspecified atom stereocenters. The maximum atomic E-state index is 9.65. The summed E-state index contributed by atoms with van der Waals surface area (Å²) in [5, 5.41) is 7.93. The van der Waals surface area contributed by atoms with E-state index in [1.165, 1.54) is 6.92 Å². The molecule has 0 heterocycles. The Bertz CT molecular complexity index is 250. The molecule has 0 saturated heterocycles. The van der Waals surface area contributed by atoms with Crippen molar-refractivity contribution in [3.8, 4) is 11.8 Å². The Kier molecular flexibility index (Phi) is 11.0. The molecule has 0 saturated carbocycles. The van der Waals surface area contributed by atoms with Crippen molar-refractivity contribution in [3.63, 3.8) is 0 Å². The number of rotatable bonds is 1. The van der Waals surface area contributed by atoms with E-state index in [0.29, 0.717) is 5.70 Å². The number of hydrogen-bond donors (Lipinski definition) is 2. The van der Waals surface area contributed by atoms with E-state index in [1.807, 2.05) is 26.0 Å². The summed E-state index contributed by atoms with van der Waals surface area (Å²) in [6.45, 7) is 5.29. The van der Waals surface area contributed by atoms with Gasteiger partial charge in [0.2, 0.25) is 0 Å². The number of hydrogen-bond acceptors (Lipinski definition) is 2. The van der Waals surface area contributed by atoms with Crippen molar-refractivity contribution >= 4 is 5.97 Å². The number of allylic oxidation sites excluding steroid dienone is 3. The van der Waals surface area contributed by atoms with Crippen LogP contribution in [-0.4, -0.2) is 11.1 Å². The summed E-state index contributed by atoms with van der Waals surface area (Å²) >= 11 is 0. The van der Waals surface area contributed by atoms with Gasteiger partial charge in [0.15, 0.2) is 0 Å². The van der Waals surface area contributed by atoms with Crippen LogP contribution >= 0.6 is 0 Å². The third-order valence-corrected chi connectivity index (χ3v) is 0.745. The summed E-state index contributed by atoms with van der Waals surface area (Å²) in [7, 11) is 0. The zero-order chi connectivity index (χ0) is 10.7. The first-order valence-corrected chi connectivity index (χ1v) is 3.74. The van der Waals surface area contributed by atoms with Gasteiger partial charge in [-0.1, -0.05) is 12.0 Å². The Balaban J connectivity index is 0. The van der Waals surface area contributed by atoms with Gasteiger partial charge in [-0.05, 0) is 26.8 Å². The molecule has 0 atom stereocenters. The third kappa shape index (κ3) is 25.3. The van der Waals surface area contributed by atoms with Crippen molar-refractivity contribution in [2.75, 3.05) is 0 Å². The molecule has 0 amide bonds. The summed E-state index contributed by atoms with van der Waals surface area (Å²) in [5.74, 6) is 4.50. The molecule has 0 aliphatic carbocycles. The Labute approximate surface area is 78.9 Å². The largest absolute Gasteiger partial charge is 0.478 e. The average molecular weight is 181 g/mol. The third-order valence-electron chi connectivity index (χ3n) is 0.745. The van der Waals surface area contributed by atoms with Crippen molar-refractivity contribution in [1.82, 2.24) is 0 Å². The zero-order valence-corrected chi connectivity index (χ0v) is 8.16. The molecular weight excluding hydrogens is 166 g/mol. The van der Waals surface area contributed by atoms with Crippen molar-refractivity contribution in [3.05, 3.63) is 23.9 Å². The van der Waals surface area contributed by atoms with Gasteiger partial charge >= 0.3 is 5.97 Å². The van der Waals surface area contributed by atoms with Crippen LogP contribution in [0.15, 0.2) is 23.9 Å². The molecule has 0 aliphatic rings. The summed E-state index contributed by atoms with van der Waals surface area (Å²) in [6, 6.07) is 0. The Morgan fingerprint density at radius 1 is 1.54 bits per heavy atom. The molecule has 0 bridgehead atoms. The summed E-state index contributed by atoms with van der Waals surface area (Å²) in [4.78, 5) is 9.65. The second-order valence-corrected chi connectivity index (χ2v) is 2.12. The minimum atomic E-state index is -1.000. The molecule has 0 aromatic heterocycles. The Morgan fingerprint density at radius 2 is 2.08 bits per heavy atom. The molecule has 0 fully saturated rings. The fourth-order valence-electron chi connectivity index (χ4n) is 0.361. The molecule has 0 rings (SSSR count). The van der Waals surface area contributed by atoms with E-state index in [-0.39, 0.29) is 0 Å². The average Bonchev–Trinajstić information content (AvgIpc) is 1.99. The molecule has 13 heavy (non-hydrogen) atoms. The first kappa shape index (κ1) is 13.9. The monoisotopic (exact) mass is 181 g/mol. The van der Waals surface area contributed by atoms with Gasteiger partial charge in [0.25, 0.3) is 0 Å². The molecule has 0 aromatic rings. The smallest absolute Gasteiger partial charge is 0.330 e. The van der Waals surface area contributed by atoms with Crippen LogP contribution in [0.2, 0.25) is 0 Å². The number of carboxylic acid groups (broad SMARTS) is 1. The van der Waals surface area contributed by atoms with Crippen molar-refractivity contribution in [2.24, 2.45) is 5.73 Å². The van der Waals surface area contributed by atoms with E-state index in [1.54, 1.807) is 0 Å². The van der Waals surface area contributed by atoms with Gasteiger partial charge in [0.1, 0.15) is 0 Å². The van der Waals surface area contributed by atoms with Gasteiger partial charge < -0.3 is 10.8 Å². The quantitative estimate of drug-likeness (QED) is 0.476. The second-order valence-electron chi connectivity index (χ2n) is 2.12. The standard InChI is InChI=1S/C6H8.C4H7NO2/c1-3-5-6-4-2;1-3(5)2-4(6)7/h3,5H,1-2H3;2H,5H2,1H3,(H,6,7)/b5-3+;3-2-. The predicted octanol–water partition coefficient (Wildman–Crippen LogP) is 1.52. The van der Waals surface area contributed by atoms with Gasteiger partial charge in [-0.25, -0.2) is 4.79 Å². The molecule has 72 valence electrons. The normalized spacial score (nSPS) is 9.62. The molecule has 3 N–H and O–H groups in total. The first-order valence-electron chi connectivity index (χ1n) is 3.74. The minimum Gasteiger partial charge on any atom is -0.478 e. The van der Waals surface area contributed by atoms with Gasteiger partial charge in [0.05, 0.1) is 0 Å². The number of aliphatic carboxylic acids is 1. The fraction of sp³-hybridized carbons (Fsp3) is 0.300. The van der Waals surface area contributed by atoms with E-state index in [2.05, 4.69) is 11.8 Å². The van der Waals surface area contributed by atoms with Crippen LogP contribution in [0.4, 0.5) is 0 Å². The molecule has 3 nitrogen and oxygen atoms in total. The molecule has 0 aromatic carbocycles. The van der Waals surface area contributed by atoms with Crippen LogP contribution in [0.5, 0.6) is 0 Å². The van der Waals surface area contributed by atoms with Crippen molar-refractivity contribution in [1.29, 1.82) is 0 Å². The Hall–Kier alpha value is -1.69. The molecule has 0 spiro atoms. The maximum Gasteiger partial charge on any atom is 0.330 e. The van der Waals surface area contributed by atoms with Gasteiger partial charge in [-0.2, -0.15) is 0 Å². The topological polar surface area (TPSA) is 63.3 Å². The van der Waals surface area contributed by atoms with Gasteiger partial charge in [0, 0.05) is 11.8 Å². The minimum absolute atomic E-state index is 0.313. The fourth-order valence-corrected chi connectivity index (χ4v) is 0.361. The SMILES string of the molecule is C/C(N)=C/C(=O)O.CC#C/C=C/C. The van der Waals surface area contributed by atoms with E-state index in [0.717, 1.165) is 6.08 Å².